The van der Waals surface area contributed by atoms with Crippen molar-refractivity contribution in [1.29, 1.82) is 0 Å². The number of rotatable bonds is 5. The Morgan fingerprint density at radius 1 is 1.21 bits per heavy atom. The number of carbonyl (C=O) groups excluding carboxylic acids is 1. The Hall–Kier alpha value is -1.71. The molecule has 0 amide bonds. The Bertz CT molecular complexity index is 659. The summed E-state index contributed by atoms with van der Waals surface area (Å²) in [6.45, 7) is 3.13. The molecule has 4 nitrogen and oxygen atoms in total. The molecule has 0 radical (unpaired) electrons. The number of thioether (sulfide) groups is 1. The molecule has 0 spiro atoms. The van der Waals surface area contributed by atoms with E-state index in [9.17, 15) is 36.6 Å². The van der Waals surface area contributed by atoms with Crippen LogP contribution in [0.2, 0.25) is 0 Å². The number of pyridine rings is 1. The zero-order chi connectivity index (χ0) is 18.8. The van der Waals surface area contributed by atoms with Crippen LogP contribution in [0.25, 0.3) is 0 Å². The van der Waals surface area contributed by atoms with Gasteiger partial charge in [-0.2, -0.15) is 13.2 Å². The molecule has 134 valence electrons. The Labute approximate surface area is 138 Å². The lowest BCUT2D eigenvalue weighted by Gasteiger charge is -2.20. The van der Waals surface area contributed by atoms with Crippen LogP contribution in [-0.4, -0.2) is 27.4 Å². The Kier molecular flexibility index (Phi) is 6.32. The molecule has 0 unspecified atom stereocenters. The minimum atomic E-state index is -5.17. The first-order valence-corrected chi connectivity index (χ1v) is 7.87. The predicted molar refractivity (Wildman–Crippen MR) is 77.5 cm³/mol. The van der Waals surface area contributed by atoms with Crippen molar-refractivity contribution in [2.75, 3.05) is 6.26 Å². The van der Waals surface area contributed by atoms with E-state index in [0.29, 0.717) is 11.8 Å². The molecule has 1 rings (SSSR count). The standard InChI is InChI=1S/C14H14F5NO3S/c1-5(2)4-6-7(12(21)22)9(11(15)16)20-10(14(17,18)19)8(6)13(23)24-3/h5,11H,4H2,1-3H3,(H,21,22). The molecule has 0 saturated carbocycles. The van der Waals surface area contributed by atoms with Gasteiger partial charge < -0.3 is 5.11 Å². The van der Waals surface area contributed by atoms with Crippen LogP contribution >= 0.6 is 11.8 Å². The maximum atomic E-state index is 13.2. The fourth-order valence-electron chi connectivity index (χ4n) is 2.19. The number of aromatic nitrogens is 1. The number of carbonyl (C=O) groups is 2. The summed E-state index contributed by atoms with van der Waals surface area (Å²) in [5.41, 5.74) is -5.83. The van der Waals surface area contributed by atoms with Crippen molar-refractivity contribution in [3.8, 4) is 0 Å². The van der Waals surface area contributed by atoms with Gasteiger partial charge in [0.2, 0.25) is 5.12 Å². The second-order valence-electron chi connectivity index (χ2n) is 5.27. The predicted octanol–water partition coefficient (Wildman–Crippen LogP) is 4.44. The maximum Gasteiger partial charge on any atom is 0.434 e. The summed E-state index contributed by atoms with van der Waals surface area (Å²) in [7, 11) is 0. The van der Waals surface area contributed by atoms with E-state index in [0.717, 1.165) is 0 Å². The highest BCUT2D eigenvalue weighted by Gasteiger charge is 2.42. The maximum absolute atomic E-state index is 13.2. The zero-order valence-corrected chi connectivity index (χ0v) is 13.7. The van der Waals surface area contributed by atoms with Crippen LogP contribution in [0, 0.1) is 5.92 Å². The Balaban J connectivity index is 4.03. The molecule has 10 heteroatoms. The molecule has 1 N–H and O–H groups in total. The van der Waals surface area contributed by atoms with E-state index in [1.807, 2.05) is 0 Å². The van der Waals surface area contributed by atoms with E-state index in [4.69, 9.17) is 0 Å². The number of halogens is 5. The van der Waals surface area contributed by atoms with Gasteiger partial charge in [-0.25, -0.2) is 18.6 Å². The number of aromatic carboxylic acids is 1. The van der Waals surface area contributed by atoms with E-state index in [1.165, 1.54) is 6.26 Å². The first-order valence-electron chi connectivity index (χ1n) is 6.65. The first-order chi connectivity index (χ1) is 10.9. The van der Waals surface area contributed by atoms with Crippen molar-refractivity contribution in [3.63, 3.8) is 0 Å². The molecule has 1 aromatic heterocycles. The molecule has 1 aromatic rings. The van der Waals surface area contributed by atoms with Gasteiger partial charge in [-0.15, -0.1) is 0 Å². The number of carboxylic acid groups (broad SMARTS) is 1. The molecular formula is C14H14F5NO3S. The lowest BCUT2D eigenvalue weighted by molar-refractivity contribution is -0.141. The molecular weight excluding hydrogens is 357 g/mol. The van der Waals surface area contributed by atoms with E-state index in [-0.39, 0.29) is 12.3 Å². The minimum absolute atomic E-state index is 0.283. The lowest BCUT2D eigenvalue weighted by Crippen LogP contribution is -2.23. The highest BCUT2D eigenvalue weighted by Crippen LogP contribution is 2.38. The van der Waals surface area contributed by atoms with Gasteiger partial charge in [-0.3, -0.25) is 4.79 Å². The average molecular weight is 371 g/mol. The van der Waals surface area contributed by atoms with Crippen LogP contribution in [0.4, 0.5) is 22.0 Å². The largest absolute Gasteiger partial charge is 0.478 e. The Morgan fingerprint density at radius 2 is 1.75 bits per heavy atom. The van der Waals surface area contributed by atoms with Gasteiger partial charge in [0.25, 0.3) is 6.43 Å². The smallest absolute Gasteiger partial charge is 0.434 e. The van der Waals surface area contributed by atoms with Crippen LogP contribution in [0.1, 0.15) is 57.9 Å². The normalized spacial score (nSPS) is 12.1. The number of hydrogen-bond donors (Lipinski definition) is 1. The van der Waals surface area contributed by atoms with Crippen molar-refractivity contribution < 1.29 is 36.6 Å². The van der Waals surface area contributed by atoms with Crippen molar-refractivity contribution >= 4 is 22.8 Å². The van der Waals surface area contributed by atoms with Gasteiger partial charge in [0.1, 0.15) is 5.69 Å². The highest BCUT2D eigenvalue weighted by atomic mass is 32.2. The van der Waals surface area contributed by atoms with Gasteiger partial charge in [0.15, 0.2) is 5.69 Å². The number of nitrogens with zero attached hydrogens (tertiary/aromatic N) is 1. The van der Waals surface area contributed by atoms with Crippen molar-refractivity contribution in [2.24, 2.45) is 5.92 Å². The molecule has 0 aliphatic carbocycles. The molecule has 0 saturated heterocycles. The molecule has 1 heterocycles. The van der Waals surface area contributed by atoms with E-state index in [2.05, 4.69) is 4.98 Å². The van der Waals surface area contributed by atoms with E-state index >= 15 is 0 Å². The summed E-state index contributed by atoms with van der Waals surface area (Å²) in [4.78, 5) is 26.2. The van der Waals surface area contributed by atoms with Crippen LogP contribution < -0.4 is 0 Å². The second kappa shape index (κ2) is 7.45. The minimum Gasteiger partial charge on any atom is -0.478 e. The fraction of sp³-hybridized carbons (Fsp3) is 0.500. The van der Waals surface area contributed by atoms with Crippen LogP contribution in [0.15, 0.2) is 0 Å². The molecule has 0 aromatic carbocycles. The van der Waals surface area contributed by atoms with Gasteiger partial charge in [-0.05, 0) is 24.2 Å². The first kappa shape index (κ1) is 20.3. The number of carboxylic acids is 1. The van der Waals surface area contributed by atoms with E-state index in [1.54, 1.807) is 13.8 Å². The quantitative estimate of drug-likeness (QED) is 0.775. The van der Waals surface area contributed by atoms with Gasteiger partial charge >= 0.3 is 12.1 Å². The SMILES string of the molecule is CSC(=O)c1c(C(F)(F)F)nc(C(F)F)c(C(=O)O)c1CC(C)C. The molecule has 0 fully saturated rings. The van der Waals surface area contributed by atoms with Crippen molar-refractivity contribution in [1.82, 2.24) is 4.98 Å². The summed E-state index contributed by atoms with van der Waals surface area (Å²) in [5, 5.41) is 8.13. The van der Waals surface area contributed by atoms with Gasteiger partial charge in [0.05, 0.1) is 11.1 Å². The summed E-state index contributed by atoms with van der Waals surface area (Å²) in [6, 6.07) is 0. The second-order valence-corrected chi connectivity index (χ2v) is 6.05. The zero-order valence-electron chi connectivity index (χ0n) is 12.9. The van der Waals surface area contributed by atoms with Crippen molar-refractivity contribution in [3.05, 3.63) is 28.1 Å². The number of hydrogen-bond acceptors (Lipinski definition) is 4. The number of alkyl halides is 5. The van der Waals surface area contributed by atoms with Gasteiger partial charge in [-0.1, -0.05) is 25.6 Å². The molecule has 0 atom stereocenters. The van der Waals surface area contributed by atoms with Crippen LogP contribution in [-0.2, 0) is 12.6 Å². The monoisotopic (exact) mass is 371 g/mol. The lowest BCUT2D eigenvalue weighted by atomic mass is 9.91. The molecule has 0 aliphatic rings. The van der Waals surface area contributed by atoms with Crippen molar-refractivity contribution in [2.45, 2.75) is 32.9 Å². The third-order valence-corrected chi connectivity index (χ3v) is 3.59. The van der Waals surface area contributed by atoms with Crippen LogP contribution in [0.3, 0.4) is 0 Å². The van der Waals surface area contributed by atoms with E-state index < -0.39 is 51.8 Å². The molecule has 24 heavy (non-hydrogen) atoms. The Morgan fingerprint density at radius 3 is 2.08 bits per heavy atom. The average Bonchev–Trinajstić information content (AvgIpc) is 2.42. The fourth-order valence-corrected chi connectivity index (χ4v) is 2.61. The highest BCUT2D eigenvalue weighted by molar-refractivity contribution is 8.13. The third kappa shape index (κ3) is 4.22. The topological polar surface area (TPSA) is 67.3 Å². The summed E-state index contributed by atoms with van der Waals surface area (Å²) in [5.74, 6) is -2.22. The summed E-state index contributed by atoms with van der Waals surface area (Å²) in [6.07, 6.45) is -7.77. The van der Waals surface area contributed by atoms with Gasteiger partial charge in [0, 0.05) is 0 Å². The molecule has 0 bridgehead atoms. The molecule has 0 aliphatic heterocycles. The van der Waals surface area contributed by atoms with Crippen LogP contribution in [0.5, 0.6) is 0 Å². The third-order valence-electron chi connectivity index (χ3n) is 3.02. The summed E-state index contributed by atoms with van der Waals surface area (Å²) >= 11 is 0.425. The summed E-state index contributed by atoms with van der Waals surface area (Å²) < 4.78 is 65.9.